The lowest BCUT2D eigenvalue weighted by molar-refractivity contribution is 0.0979. The summed E-state index contributed by atoms with van der Waals surface area (Å²) >= 11 is 0. The van der Waals surface area contributed by atoms with Gasteiger partial charge in [-0.3, -0.25) is 14.6 Å². The summed E-state index contributed by atoms with van der Waals surface area (Å²) in [6, 6.07) is 12.9. The van der Waals surface area contributed by atoms with Crippen LogP contribution in [0.3, 0.4) is 0 Å². The number of benzene rings is 2. The first kappa shape index (κ1) is 14.7. The van der Waals surface area contributed by atoms with Crippen LogP contribution in [0, 0.1) is 0 Å². The van der Waals surface area contributed by atoms with Gasteiger partial charge in [-0.2, -0.15) is 0 Å². The number of pyridine rings is 1. The maximum atomic E-state index is 13.1. The van der Waals surface area contributed by atoms with E-state index in [4.69, 9.17) is 0 Å². The number of carbonyl (C=O) groups is 2. The number of aromatic nitrogens is 1. The Morgan fingerprint density at radius 3 is 2.26 bits per heavy atom. The van der Waals surface area contributed by atoms with E-state index in [0.29, 0.717) is 22.3 Å². The fourth-order valence-corrected chi connectivity index (χ4v) is 4.62. The van der Waals surface area contributed by atoms with Gasteiger partial charge >= 0.3 is 0 Å². The third-order valence-electron chi connectivity index (χ3n) is 5.94. The number of hydrogen-bond donors (Lipinski definition) is 0. The fraction of sp³-hybridized carbons (Fsp3) is 0.136. The van der Waals surface area contributed by atoms with Gasteiger partial charge in [0.1, 0.15) is 6.17 Å². The van der Waals surface area contributed by atoms with Crippen molar-refractivity contribution in [1.29, 1.82) is 0 Å². The first-order valence-corrected chi connectivity index (χ1v) is 8.96. The van der Waals surface area contributed by atoms with Crippen LogP contribution >= 0.6 is 0 Å². The van der Waals surface area contributed by atoms with E-state index >= 15 is 0 Å². The molecule has 130 valence electrons. The van der Waals surface area contributed by atoms with Crippen LogP contribution in [0.5, 0.6) is 0 Å². The number of anilines is 3. The maximum absolute atomic E-state index is 13.1. The summed E-state index contributed by atoms with van der Waals surface area (Å²) in [5.41, 5.74) is 6.26. The Hall–Kier alpha value is -3.47. The van der Waals surface area contributed by atoms with Gasteiger partial charge in [-0.15, -0.1) is 0 Å². The van der Waals surface area contributed by atoms with Crippen LogP contribution in [-0.2, 0) is 6.42 Å². The molecule has 0 fully saturated rings. The molecule has 0 spiro atoms. The van der Waals surface area contributed by atoms with Gasteiger partial charge in [0.2, 0.25) is 0 Å². The molecule has 0 saturated carbocycles. The molecular formula is C22H15N3O2. The standard InChI is InChI=1S/C22H15N3O2/c1-24-18-9-15-16(22(27)14-5-3-2-4-13(14)21(15)26)10-19(18)25-17-6-7-23-11-12(17)8-20(24)25/h2-7,9-11,20H,8H2,1H3. The number of carbonyl (C=O) groups excluding carboxylic acids is 2. The summed E-state index contributed by atoms with van der Waals surface area (Å²) in [6.07, 6.45) is 4.71. The van der Waals surface area contributed by atoms with Gasteiger partial charge in [-0.05, 0) is 23.8 Å². The minimum absolute atomic E-state index is 0.0759. The molecule has 5 heteroatoms. The van der Waals surface area contributed by atoms with Crippen molar-refractivity contribution in [2.45, 2.75) is 12.6 Å². The largest absolute Gasteiger partial charge is 0.352 e. The van der Waals surface area contributed by atoms with Crippen molar-refractivity contribution in [3.63, 3.8) is 0 Å². The first-order chi connectivity index (χ1) is 13.1. The van der Waals surface area contributed by atoms with Gasteiger partial charge in [0.15, 0.2) is 11.6 Å². The predicted molar refractivity (Wildman–Crippen MR) is 102 cm³/mol. The molecular weight excluding hydrogens is 338 g/mol. The molecule has 3 aliphatic rings. The third-order valence-corrected chi connectivity index (χ3v) is 5.94. The van der Waals surface area contributed by atoms with Crippen LogP contribution < -0.4 is 9.80 Å². The Balaban J connectivity index is 1.59. The molecule has 1 aliphatic carbocycles. The van der Waals surface area contributed by atoms with Crippen molar-refractivity contribution in [1.82, 2.24) is 4.98 Å². The molecule has 3 heterocycles. The molecule has 1 atom stereocenters. The highest BCUT2D eigenvalue weighted by Crippen LogP contribution is 2.50. The van der Waals surface area contributed by atoms with Crippen molar-refractivity contribution in [2.24, 2.45) is 0 Å². The van der Waals surface area contributed by atoms with Crippen LogP contribution in [0.15, 0.2) is 54.9 Å². The monoisotopic (exact) mass is 353 g/mol. The van der Waals surface area contributed by atoms with E-state index in [1.165, 1.54) is 5.56 Å². The van der Waals surface area contributed by atoms with Crippen LogP contribution in [0.2, 0.25) is 0 Å². The summed E-state index contributed by atoms with van der Waals surface area (Å²) in [5, 5.41) is 0. The van der Waals surface area contributed by atoms with Crippen molar-refractivity contribution in [2.75, 3.05) is 16.8 Å². The lowest BCUT2D eigenvalue weighted by Crippen LogP contribution is -2.35. The molecule has 0 radical (unpaired) electrons. The topological polar surface area (TPSA) is 53.5 Å². The second-order valence-corrected chi connectivity index (χ2v) is 7.26. The van der Waals surface area contributed by atoms with Gasteiger partial charge in [0, 0.05) is 53.8 Å². The Kier molecular flexibility index (Phi) is 2.62. The minimum Gasteiger partial charge on any atom is -0.352 e. The molecule has 3 aromatic rings. The van der Waals surface area contributed by atoms with Gasteiger partial charge in [0.25, 0.3) is 0 Å². The third kappa shape index (κ3) is 1.71. The normalized spacial score (nSPS) is 18.8. The Morgan fingerprint density at radius 2 is 1.56 bits per heavy atom. The zero-order chi connectivity index (χ0) is 18.3. The number of fused-ring (bicyclic) bond motifs is 7. The lowest BCUT2D eigenvalue weighted by Gasteiger charge is -2.23. The SMILES string of the molecule is CN1c2cc3c(cc2N2c4ccncc4CC12)C(=O)c1ccccc1C3=O. The number of likely N-dealkylation sites (N-methyl/N-ethyl adjacent to an activating group) is 1. The highest BCUT2D eigenvalue weighted by molar-refractivity contribution is 6.29. The summed E-state index contributed by atoms with van der Waals surface area (Å²) in [4.78, 5) is 34.8. The van der Waals surface area contributed by atoms with Crippen LogP contribution in [0.4, 0.5) is 17.1 Å². The smallest absolute Gasteiger partial charge is 0.194 e. The second kappa shape index (κ2) is 4.82. The summed E-state index contributed by atoms with van der Waals surface area (Å²) < 4.78 is 0. The Bertz CT molecular complexity index is 1180. The number of ketones is 2. The molecule has 0 saturated heterocycles. The van der Waals surface area contributed by atoms with E-state index in [1.54, 1.807) is 30.5 Å². The lowest BCUT2D eigenvalue weighted by atomic mass is 9.83. The van der Waals surface area contributed by atoms with Gasteiger partial charge in [0.05, 0.1) is 11.4 Å². The summed E-state index contributed by atoms with van der Waals surface area (Å²) in [5.74, 6) is -0.156. The average molecular weight is 353 g/mol. The van der Waals surface area contributed by atoms with E-state index in [9.17, 15) is 9.59 Å². The van der Waals surface area contributed by atoms with Crippen LogP contribution in [-0.4, -0.2) is 29.8 Å². The Labute approximate surface area is 155 Å². The molecule has 2 aromatic carbocycles. The highest BCUT2D eigenvalue weighted by atomic mass is 16.1. The highest BCUT2D eigenvalue weighted by Gasteiger charge is 2.42. The van der Waals surface area contributed by atoms with Gasteiger partial charge in [-0.25, -0.2) is 0 Å². The van der Waals surface area contributed by atoms with Crippen molar-refractivity contribution in [3.05, 3.63) is 82.7 Å². The molecule has 1 aromatic heterocycles. The molecule has 6 rings (SSSR count). The molecule has 1 unspecified atom stereocenters. The van der Waals surface area contributed by atoms with Gasteiger partial charge < -0.3 is 9.80 Å². The van der Waals surface area contributed by atoms with E-state index < -0.39 is 0 Å². The van der Waals surface area contributed by atoms with Crippen molar-refractivity contribution < 1.29 is 9.59 Å². The first-order valence-electron chi connectivity index (χ1n) is 8.96. The molecule has 0 bridgehead atoms. The predicted octanol–water partition coefficient (Wildman–Crippen LogP) is 3.33. The maximum Gasteiger partial charge on any atom is 0.194 e. The van der Waals surface area contributed by atoms with E-state index in [2.05, 4.69) is 14.8 Å². The molecule has 27 heavy (non-hydrogen) atoms. The summed E-state index contributed by atoms with van der Waals surface area (Å²) in [7, 11) is 2.04. The number of rotatable bonds is 0. The molecule has 2 aliphatic heterocycles. The zero-order valence-corrected chi connectivity index (χ0v) is 14.6. The average Bonchev–Trinajstić information content (AvgIpc) is 3.21. The number of nitrogens with zero attached hydrogens (tertiary/aromatic N) is 3. The van der Waals surface area contributed by atoms with Crippen molar-refractivity contribution >= 4 is 28.6 Å². The quantitative estimate of drug-likeness (QED) is 0.485. The Morgan fingerprint density at radius 1 is 0.889 bits per heavy atom. The van der Waals surface area contributed by atoms with E-state index in [-0.39, 0.29) is 17.7 Å². The molecule has 0 amide bonds. The number of hydrogen-bond acceptors (Lipinski definition) is 5. The van der Waals surface area contributed by atoms with Crippen LogP contribution in [0.1, 0.15) is 37.4 Å². The second-order valence-electron chi connectivity index (χ2n) is 7.26. The summed E-state index contributed by atoms with van der Waals surface area (Å²) in [6.45, 7) is 0. The molecule has 5 nitrogen and oxygen atoms in total. The fourth-order valence-electron chi connectivity index (χ4n) is 4.62. The molecule has 0 N–H and O–H groups in total. The zero-order valence-electron chi connectivity index (χ0n) is 14.6. The van der Waals surface area contributed by atoms with E-state index in [1.807, 2.05) is 31.4 Å². The minimum atomic E-state index is -0.0803. The van der Waals surface area contributed by atoms with Crippen molar-refractivity contribution in [3.8, 4) is 0 Å². The van der Waals surface area contributed by atoms with Crippen LogP contribution in [0.25, 0.3) is 0 Å². The van der Waals surface area contributed by atoms with Gasteiger partial charge in [-0.1, -0.05) is 24.3 Å². The van der Waals surface area contributed by atoms with E-state index in [0.717, 1.165) is 23.5 Å².